The highest BCUT2D eigenvalue weighted by Crippen LogP contribution is 2.52. The van der Waals surface area contributed by atoms with Crippen molar-refractivity contribution in [3.05, 3.63) is 35.4 Å². The number of fused-ring (bicyclic) bond motifs is 1. The molecular formula is C17H24N2O2. The summed E-state index contributed by atoms with van der Waals surface area (Å²) in [7, 11) is 1.65. The molecule has 1 aliphatic carbocycles. The minimum atomic E-state index is -0.0411. The molecule has 3 rings (SSSR count). The van der Waals surface area contributed by atoms with E-state index in [0.717, 1.165) is 13.2 Å². The molecule has 3 unspecified atom stereocenters. The van der Waals surface area contributed by atoms with Crippen LogP contribution in [0.25, 0.3) is 0 Å². The second kappa shape index (κ2) is 5.43. The van der Waals surface area contributed by atoms with Gasteiger partial charge >= 0.3 is 0 Å². The van der Waals surface area contributed by atoms with E-state index in [-0.39, 0.29) is 11.3 Å². The summed E-state index contributed by atoms with van der Waals surface area (Å²) in [6.45, 7) is 6.31. The van der Waals surface area contributed by atoms with Crippen molar-refractivity contribution in [3.63, 3.8) is 0 Å². The fourth-order valence-electron chi connectivity index (χ4n) is 3.88. The fourth-order valence-corrected chi connectivity index (χ4v) is 3.88. The van der Waals surface area contributed by atoms with E-state index in [4.69, 9.17) is 4.74 Å². The number of benzene rings is 1. The van der Waals surface area contributed by atoms with Crippen LogP contribution in [0.15, 0.2) is 24.3 Å². The molecule has 1 aliphatic heterocycles. The average molecular weight is 288 g/mol. The third kappa shape index (κ3) is 2.47. The maximum absolute atomic E-state index is 11.5. The van der Waals surface area contributed by atoms with Gasteiger partial charge in [-0.2, -0.15) is 0 Å². The standard InChI is InChI=1S/C17H24N2O2/c1-17(2)14(13-8-9-21-15(13)17)19-10-11-4-6-12(7-5-11)16(20)18-3/h4-7,13-15,19H,8-10H2,1-3H3,(H,18,20). The van der Waals surface area contributed by atoms with Crippen LogP contribution in [-0.4, -0.2) is 31.7 Å². The van der Waals surface area contributed by atoms with Crippen molar-refractivity contribution in [1.82, 2.24) is 10.6 Å². The molecule has 1 aromatic carbocycles. The van der Waals surface area contributed by atoms with Crippen LogP contribution in [0.5, 0.6) is 0 Å². The monoisotopic (exact) mass is 288 g/mol. The first-order chi connectivity index (χ1) is 10.0. The van der Waals surface area contributed by atoms with Crippen LogP contribution in [0.1, 0.15) is 36.2 Å². The molecule has 114 valence electrons. The van der Waals surface area contributed by atoms with E-state index in [1.54, 1.807) is 7.05 Å². The van der Waals surface area contributed by atoms with Crippen molar-refractivity contribution < 1.29 is 9.53 Å². The fraction of sp³-hybridized carbons (Fsp3) is 0.588. The Balaban J connectivity index is 1.59. The van der Waals surface area contributed by atoms with Crippen LogP contribution in [0.4, 0.5) is 0 Å². The van der Waals surface area contributed by atoms with Gasteiger partial charge in [-0.3, -0.25) is 4.79 Å². The molecule has 4 heteroatoms. The quantitative estimate of drug-likeness (QED) is 0.890. The van der Waals surface area contributed by atoms with Crippen molar-refractivity contribution in [2.45, 2.75) is 39.0 Å². The Morgan fingerprint density at radius 2 is 2.05 bits per heavy atom. The number of amides is 1. The molecule has 0 bridgehead atoms. The van der Waals surface area contributed by atoms with Crippen LogP contribution in [0, 0.1) is 11.3 Å². The molecule has 4 nitrogen and oxygen atoms in total. The molecule has 1 saturated heterocycles. The van der Waals surface area contributed by atoms with Crippen molar-refractivity contribution in [2.24, 2.45) is 11.3 Å². The Morgan fingerprint density at radius 1 is 1.33 bits per heavy atom. The average Bonchev–Trinajstić information content (AvgIpc) is 2.94. The molecule has 0 aromatic heterocycles. The van der Waals surface area contributed by atoms with Gasteiger partial charge in [-0.15, -0.1) is 0 Å². The number of nitrogens with one attached hydrogen (secondary N) is 2. The molecule has 1 saturated carbocycles. The van der Waals surface area contributed by atoms with Gasteiger partial charge < -0.3 is 15.4 Å². The molecule has 2 aliphatic rings. The van der Waals surface area contributed by atoms with Gasteiger partial charge in [0.15, 0.2) is 0 Å². The van der Waals surface area contributed by atoms with E-state index >= 15 is 0 Å². The zero-order valence-corrected chi connectivity index (χ0v) is 13.0. The Labute approximate surface area is 126 Å². The molecular weight excluding hydrogens is 264 g/mol. The summed E-state index contributed by atoms with van der Waals surface area (Å²) >= 11 is 0. The number of hydrogen-bond donors (Lipinski definition) is 2. The molecule has 0 spiro atoms. The molecule has 21 heavy (non-hydrogen) atoms. The van der Waals surface area contributed by atoms with Gasteiger partial charge in [-0.25, -0.2) is 0 Å². The highest BCUT2D eigenvalue weighted by molar-refractivity contribution is 5.93. The van der Waals surface area contributed by atoms with Crippen LogP contribution < -0.4 is 10.6 Å². The summed E-state index contributed by atoms with van der Waals surface area (Å²) < 4.78 is 5.82. The Kier molecular flexibility index (Phi) is 3.76. The number of hydrogen-bond acceptors (Lipinski definition) is 3. The van der Waals surface area contributed by atoms with Crippen molar-refractivity contribution in [1.29, 1.82) is 0 Å². The van der Waals surface area contributed by atoms with E-state index in [2.05, 4.69) is 24.5 Å². The molecule has 0 radical (unpaired) electrons. The van der Waals surface area contributed by atoms with Gasteiger partial charge in [0.2, 0.25) is 0 Å². The number of carbonyl (C=O) groups is 1. The zero-order valence-electron chi connectivity index (χ0n) is 13.0. The largest absolute Gasteiger partial charge is 0.377 e. The number of carbonyl (C=O) groups excluding carboxylic acids is 1. The summed E-state index contributed by atoms with van der Waals surface area (Å²) in [5.74, 6) is 0.616. The minimum absolute atomic E-state index is 0.0411. The third-order valence-electron chi connectivity index (χ3n) is 5.07. The molecule has 1 heterocycles. The summed E-state index contributed by atoms with van der Waals surface area (Å²) in [5.41, 5.74) is 2.12. The van der Waals surface area contributed by atoms with Gasteiger partial charge in [-0.1, -0.05) is 26.0 Å². The Hall–Kier alpha value is -1.39. The second-order valence-electron chi connectivity index (χ2n) is 6.70. The van der Waals surface area contributed by atoms with E-state index in [1.165, 1.54) is 12.0 Å². The first-order valence-corrected chi connectivity index (χ1v) is 7.70. The minimum Gasteiger partial charge on any atom is -0.377 e. The normalized spacial score (nSPS) is 29.6. The van der Waals surface area contributed by atoms with Gasteiger partial charge in [-0.05, 0) is 24.1 Å². The van der Waals surface area contributed by atoms with E-state index in [1.807, 2.05) is 24.3 Å². The van der Waals surface area contributed by atoms with E-state index < -0.39 is 0 Å². The molecule has 1 aromatic rings. The highest BCUT2D eigenvalue weighted by atomic mass is 16.5. The number of ether oxygens (including phenoxy) is 1. The second-order valence-corrected chi connectivity index (χ2v) is 6.70. The molecule has 1 amide bonds. The predicted molar refractivity (Wildman–Crippen MR) is 82.1 cm³/mol. The topological polar surface area (TPSA) is 50.4 Å². The van der Waals surface area contributed by atoms with Crippen LogP contribution in [-0.2, 0) is 11.3 Å². The van der Waals surface area contributed by atoms with Gasteiger partial charge in [0.1, 0.15) is 0 Å². The molecule has 2 N–H and O–H groups in total. The lowest BCUT2D eigenvalue weighted by molar-refractivity contribution is -0.113. The first kappa shape index (κ1) is 14.5. The SMILES string of the molecule is CNC(=O)c1ccc(CNC2C3CCOC3C2(C)C)cc1. The van der Waals surface area contributed by atoms with Crippen molar-refractivity contribution in [2.75, 3.05) is 13.7 Å². The Morgan fingerprint density at radius 3 is 2.71 bits per heavy atom. The van der Waals surface area contributed by atoms with Crippen molar-refractivity contribution in [3.8, 4) is 0 Å². The summed E-state index contributed by atoms with van der Waals surface area (Å²) in [6, 6.07) is 8.31. The zero-order chi connectivity index (χ0) is 15.0. The summed E-state index contributed by atoms with van der Waals surface area (Å²) in [5, 5.41) is 6.32. The lowest BCUT2D eigenvalue weighted by Crippen LogP contribution is -2.65. The maximum atomic E-state index is 11.5. The number of rotatable bonds is 4. The third-order valence-corrected chi connectivity index (χ3v) is 5.07. The van der Waals surface area contributed by atoms with Gasteiger partial charge in [0.05, 0.1) is 6.10 Å². The predicted octanol–water partition coefficient (Wildman–Crippen LogP) is 1.95. The van der Waals surface area contributed by atoms with Crippen LogP contribution >= 0.6 is 0 Å². The van der Waals surface area contributed by atoms with Crippen LogP contribution in [0.3, 0.4) is 0 Å². The molecule has 2 fully saturated rings. The summed E-state index contributed by atoms with van der Waals surface area (Å²) in [4.78, 5) is 11.5. The lowest BCUT2D eigenvalue weighted by atomic mass is 9.57. The first-order valence-electron chi connectivity index (χ1n) is 7.70. The summed E-state index contributed by atoms with van der Waals surface area (Å²) in [6.07, 6.45) is 1.59. The lowest BCUT2D eigenvalue weighted by Gasteiger charge is -2.55. The molecule has 3 atom stereocenters. The van der Waals surface area contributed by atoms with Crippen molar-refractivity contribution >= 4 is 5.91 Å². The maximum Gasteiger partial charge on any atom is 0.251 e. The van der Waals surface area contributed by atoms with Gasteiger partial charge in [0.25, 0.3) is 5.91 Å². The van der Waals surface area contributed by atoms with E-state index in [9.17, 15) is 4.79 Å². The smallest absolute Gasteiger partial charge is 0.251 e. The van der Waals surface area contributed by atoms with Crippen LogP contribution in [0.2, 0.25) is 0 Å². The Bertz CT molecular complexity index is 524. The highest BCUT2D eigenvalue weighted by Gasteiger charge is 2.58. The van der Waals surface area contributed by atoms with E-state index in [0.29, 0.717) is 23.6 Å². The van der Waals surface area contributed by atoms with Gasteiger partial charge in [0, 0.05) is 43.1 Å².